The number of H-pyrrole nitrogens is 1. The second-order valence-corrected chi connectivity index (χ2v) is 6.20. The molecule has 2 aromatic heterocycles. The van der Waals surface area contributed by atoms with Crippen molar-refractivity contribution in [2.24, 2.45) is 0 Å². The Hall–Kier alpha value is -4.08. The predicted octanol–water partition coefficient (Wildman–Crippen LogP) is 2.18. The molecule has 0 aliphatic heterocycles. The van der Waals surface area contributed by atoms with Crippen LogP contribution in [0.3, 0.4) is 0 Å². The first-order valence-electron chi connectivity index (χ1n) is 8.90. The van der Waals surface area contributed by atoms with Gasteiger partial charge in [0.25, 0.3) is 11.3 Å². The summed E-state index contributed by atoms with van der Waals surface area (Å²) in [7, 11) is 6.16. The summed E-state index contributed by atoms with van der Waals surface area (Å²) in [4.78, 5) is 15.2. The lowest BCUT2D eigenvalue weighted by molar-refractivity contribution is 0.324. The van der Waals surface area contributed by atoms with E-state index >= 15 is 0 Å². The van der Waals surface area contributed by atoms with Crippen molar-refractivity contribution in [3.05, 3.63) is 46.8 Å². The van der Waals surface area contributed by atoms with Crippen LogP contribution in [0, 0.1) is 0 Å². The Balaban J connectivity index is 1.90. The van der Waals surface area contributed by atoms with Crippen molar-refractivity contribution in [2.45, 2.75) is 0 Å². The molecule has 0 aliphatic rings. The highest BCUT2D eigenvalue weighted by atomic mass is 16.5. The molecule has 0 atom stereocenters. The normalized spacial score (nSPS) is 10.8. The van der Waals surface area contributed by atoms with Crippen LogP contribution in [0.25, 0.3) is 28.4 Å². The average Bonchev–Trinajstić information content (AvgIpc) is 3.20. The molecule has 0 amide bonds. The van der Waals surface area contributed by atoms with Crippen LogP contribution in [-0.2, 0) is 0 Å². The number of hydrogen-bond donors (Lipinski definition) is 1. The molecule has 1 N–H and O–H groups in total. The van der Waals surface area contributed by atoms with Gasteiger partial charge in [0.15, 0.2) is 23.0 Å². The molecule has 10 nitrogen and oxygen atoms in total. The zero-order chi connectivity index (χ0) is 21.3. The number of hydrogen-bond acceptors (Lipinski definition) is 8. The van der Waals surface area contributed by atoms with Crippen molar-refractivity contribution < 1.29 is 18.9 Å². The fourth-order valence-electron chi connectivity index (χ4n) is 3.09. The minimum Gasteiger partial charge on any atom is -0.497 e. The van der Waals surface area contributed by atoms with Gasteiger partial charge in [-0.2, -0.15) is 9.61 Å². The van der Waals surface area contributed by atoms with E-state index in [2.05, 4.69) is 20.3 Å². The van der Waals surface area contributed by atoms with Crippen molar-refractivity contribution >= 4 is 5.78 Å². The lowest BCUT2D eigenvalue weighted by atomic mass is 10.1. The zero-order valence-corrected chi connectivity index (χ0v) is 16.8. The van der Waals surface area contributed by atoms with E-state index in [-0.39, 0.29) is 17.0 Å². The first kappa shape index (κ1) is 19.2. The zero-order valence-electron chi connectivity index (χ0n) is 16.8. The van der Waals surface area contributed by atoms with Crippen molar-refractivity contribution in [3.8, 4) is 45.6 Å². The highest BCUT2D eigenvalue weighted by molar-refractivity contribution is 5.68. The van der Waals surface area contributed by atoms with Crippen LogP contribution in [-0.4, -0.2) is 53.2 Å². The van der Waals surface area contributed by atoms with Gasteiger partial charge >= 0.3 is 0 Å². The van der Waals surface area contributed by atoms with Crippen LogP contribution in [0.5, 0.6) is 23.0 Å². The number of benzene rings is 2. The molecule has 4 aromatic rings. The smallest absolute Gasteiger partial charge is 0.279 e. The maximum Gasteiger partial charge on any atom is 0.279 e. The van der Waals surface area contributed by atoms with Gasteiger partial charge in [-0.3, -0.25) is 9.78 Å². The van der Waals surface area contributed by atoms with Gasteiger partial charge in [-0.15, -0.1) is 10.2 Å². The first-order valence-corrected chi connectivity index (χ1v) is 8.90. The number of nitrogens with one attached hydrogen (secondary N) is 1. The molecule has 154 valence electrons. The highest BCUT2D eigenvalue weighted by Gasteiger charge is 2.19. The summed E-state index contributed by atoms with van der Waals surface area (Å²) in [5, 5.41) is 12.7. The highest BCUT2D eigenvalue weighted by Crippen LogP contribution is 2.40. The maximum atomic E-state index is 12.5. The van der Waals surface area contributed by atoms with Gasteiger partial charge in [0.1, 0.15) is 5.75 Å². The number of rotatable bonds is 6. The van der Waals surface area contributed by atoms with Gasteiger partial charge in [0.05, 0.1) is 28.4 Å². The summed E-state index contributed by atoms with van der Waals surface area (Å²) >= 11 is 0. The molecule has 30 heavy (non-hydrogen) atoms. The number of aromatic amines is 1. The number of aromatic nitrogens is 5. The van der Waals surface area contributed by atoms with E-state index in [4.69, 9.17) is 18.9 Å². The Bertz CT molecular complexity index is 1240. The van der Waals surface area contributed by atoms with Crippen molar-refractivity contribution in [1.29, 1.82) is 0 Å². The average molecular weight is 409 g/mol. The fraction of sp³-hybridized carbons (Fsp3) is 0.200. The Kier molecular flexibility index (Phi) is 4.97. The molecule has 0 spiro atoms. The van der Waals surface area contributed by atoms with Gasteiger partial charge in [-0.05, 0) is 36.4 Å². The SMILES string of the molecule is COc1ccc(-c2nn3c(-c4cc(OC)c(OC)c(OC)c4)nnc3[nH]c2=O)cc1. The van der Waals surface area contributed by atoms with E-state index in [9.17, 15) is 4.79 Å². The third kappa shape index (κ3) is 3.17. The lowest BCUT2D eigenvalue weighted by Crippen LogP contribution is -2.15. The summed E-state index contributed by atoms with van der Waals surface area (Å²) in [6, 6.07) is 10.5. The van der Waals surface area contributed by atoms with Gasteiger partial charge in [0.2, 0.25) is 5.75 Å². The Morgan fingerprint density at radius 1 is 0.833 bits per heavy atom. The number of methoxy groups -OCH3 is 4. The van der Waals surface area contributed by atoms with E-state index in [1.807, 2.05) is 0 Å². The predicted molar refractivity (Wildman–Crippen MR) is 108 cm³/mol. The Morgan fingerprint density at radius 3 is 2.07 bits per heavy atom. The summed E-state index contributed by atoms with van der Waals surface area (Å²) in [6.07, 6.45) is 0. The molecule has 0 radical (unpaired) electrons. The molecular weight excluding hydrogens is 390 g/mol. The molecule has 0 saturated heterocycles. The van der Waals surface area contributed by atoms with Crippen LogP contribution in [0.1, 0.15) is 0 Å². The van der Waals surface area contributed by atoms with E-state index < -0.39 is 0 Å². The summed E-state index contributed by atoms with van der Waals surface area (Å²) in [5.41, 5.74) is 1.09. The van der Waals surface area contributed by atoms with E-state index in [0.29, 0.717) is 39.9 Å². The number of nitrogens with zero attached hydrogens (tertiary/aromatic N) is 4. The van der Waals surface area contributed by atoms with Gasteiger partial charge in [-0.25, -0.2) is 0 Å². The van der Waals surface area contributed by atoms with Crippen LogP contribution in [0.15, 0.2) is 41.2 Å². The van der Waals surface area contributed by atoms with Crippen molar-refractivity contribution in [2.75, 3.05) is 28.4 Å². The molecular formula is C20H19N5O5. The quantitative estimate of drug-likeness (QED) is 0.516. The molecule has 0 unspecified atom stereocenters. The number of fused-ring (bicyclic) bond motifs is 1. The topological polar surface area (TPSA) is 113 Å². The van der Waals surface area contributed by atoms with E-state index in [0.717, 1.165) is 0 Å². The molecule has 10 heteroatoms. The molecule has 2 heterocycles. The Labute approximate surface area is 171 Å². The minimum atomic E-state index is -0.378. The second-order valence-electron chi connectivity index (χ2n) is 6.20. The van der Waals surface area contributed by atoms with E-state index in [1.165, 1.54) is 25.8 Å². The van der Waals surface area contributed by atoms with Crippen molar-refractivity contribution in [3.63, 3.8) is 0 Å². The van der Waals surface area contributed by atoms with Gasteiger partial charge in [-0.1, -0.05) is 0 Å². The van der Waals surface area contributed by atoms with Crippen molar-refractivity contribution in [1.82, 2.24) is 24.8 Å². The minimum absolute atomic E-state index is 0.209. The standard InChI is InChI=1S/C20H19N5O5/c1-27-13-7-5-11(6-8-13)16-19(26)21-20-23-22-18(25(20)24-16)12-9-14(28-2)17(30-4)15(10-12)29-3/h5-10H,1-4H3,(H,21,23,26). The van der Waals surface area contributed by atoms with Crippen LogP contribution in [0.2, 0.25) is 0 Å². The first-order chi connectivity index (χ1) is 14.6. The third-order valence-corrected chi connectivity index (χ3v) is 4.57. The molecule has 0 aliphatic carbocycles. The summed E-state index contributed by atoms with van der Waals surface area (Å²) in [5.74, 6) is 2.67. The fourth-order valence-corrected chi connectivity index (χ4v) is 3.09. The molecule has 0 bridgehead atoms. The Morgan fingerprint density at radius 2 is 1.50 bits per heavy atom. The summed E-state index contributed by atoms with van der Waals surface area (Å²) < 4.78 is 22.8. The molecule has 2 aromatic carbocycles. The lowest BCUT2D eigenvalue weighted by Gasteiger charge is -2.13. The van der Waals surface area contributed by atoms with Crippen LogP contribution >= 0.6 is 0 Å². The number of ether oxygens (including phenoxy) is 4. The van der Waals surface area contributed by atoms with Gasteiger partial charge in [0, 0.05) is 11.1 Å². The summed E-state index contributed by atoms with van der Waals surface area (Å²) in [6.45, 7) is 0. The molecule has 0 saturated carbocycles. The third-order valence-electron chi connectivity index (χ3n) is 4.57. The maximum absolute atomic E-state index is 12.5. The van der Waals surface area contributed by atoms with Gasteiger partial charge < -0.3 is 18.9 Å². The van der Waals surface area contributed by atoms with Crippen LogP contribution in [0.4, 0.5) is 0 Å². The molecule has 4 rings (SSSR count). The van der Waals surface area contributed by atoms with E-state index in [1.54, 1.807) is 43.5 Å². The largest absolute Gasteiger partial charge is 0.497 e. The monoisotopic (exact) mass is 409 g/mol. The van der Waals surface area contributed by atoms with Crippen LogP contribution < -0.4 is 24.5 Å². The second kappa shape index (κ2) is 7.74. The molecule has 0 fully saturated rings.